The lowest BCUT2D eigenvalue weighted by molar-refractivity contribution is -0.203. The molecule has 0 aliphatic heterocycles. The van der Waals surface area contributed by atoms with E-state index in [-0.39, 0.29) is 5.69 Å². The second-order valence-corrected chi connectivity index (χ2v) is 3.64. The van der Waals surface area contributed by atoms with Gasteiger partial charge in [0.1, 0.15) is 0 Å². The lowest BCUT2D eigenvalue weighted by Gasteiger charge is -2.13. The molecule has 0 unspecified atom stereocenters. The van der Waals surface area contributed by atoms with Crippen LogP contribution in [-0.4, -0.2) is 22.4 Å². The van der Waals surface area contributed by atoms with Crippen LogP contribution < -0.4 is 0 Å². The normalized spacial score (nSPS) is 14.1. The molecule has 0 aliphatic carbocycles. The van der Waals surface area contributed by atoms with Gasteiger partial charge in [0.15, 0.2) is 6.10 Å². The Morgan fingerprint density at radius 1 is 1.43 bits per heavy atom. The molecule has 0 saturated carbocycles. The summed E-state index contributed by atoms with van der Waals surface area (Å²) in [5.74, 6) is 0. The molecule has 0 saturated heterocycles. The Balaban J connectivity index is 2.65. The van der Waals surface area contributed by atoms with Gasteiger partial charge in [-0.15, -0.1) is 0 Å². The van der Waals surface area contributed by atoms with Gasteiger partial charge in [0, 0.05) is 22.8 Å². The maximum atomic E-state index is 11.9. The van der Waals surface area contributed by atoms with E-state index in [1.807, 2.05) is 0 Å². The lowest BCUT2D eigenvalue weighted by Crippen LogP contribution is -2.30. The molecule has 0 fully saturated rings. The van der Waals surface area contributed by atoms with Gasteiger partial charge in [-0.2, -0.15) is 13.2 Å². The molecule has 0 aliphatic rings. The molecule has 0 spiro atoms. The largest absolute Gasteiger partial charge is 0.414 e. The van der Waals surface area contributed by atoms with Crippen LogP contribution in [0.2, 0.25) is 0 Å². The molecule has 14 heavy (non-hydrogen) atoms. The SMILES string of the molecule is O[C@H](Cc1ccc(Br)cn1)C(F)(F)F. The minimum absolute atomic E-state index is 0.207. The first-order chi connectivity index (χ1) is 6.39. The van der Waals surface area contributed by atoms with Crippen molar-refractivity contribution in [1.29, 1.82) is 0 Å². The average Bonchev–Trinajstić information content (AvgIpc) is 2.07. The molecule has 2 nitrogen and oxygen atoms in total. The minimum atomic E-state index is -4.59. The Morgan fingerprint density at radius 2 is 2.07 bits per heavy atom. The fourth-order valence-electron chi connectivity index (χ4n) is 0.841. The maximum Gasteiger partial charge on any atom is 0.414 e. The summed E-state index contributed by atoms with van der Waals surface area (Å²) in [7, 11) is 0. The van der Waals surface area contributed by atoms with Gasteiger partial charge in [-0.25, -0.2) is 0 Å². The Kier molecular flexibility index (Phi) is 3.49. The number of aliphatic hydroxyl groups is 1. The molecule has 1 atom stereocenters. The molecule has 0 aromatic carbocycles. The third-order valence-electron chi connectivity index (χ3n) is 1.57. The van der Waals surface area contributed by atoms with Crippen LogP contribution in [0.1, 0.15) is 5.69 Å². The van der Waals surface area contributed by atoms with Crippen molar-refractivity contribution in [2.75, 3.05) is 0 Å². The van der Waals surface area contributed by atoms with Crippen molar-refractivity contribution in [1.82, 2.24) is 4.98 Å². The summed E-state index contributed by atoms with van der Waals surface area (Å²) in [6, 6.07) is 3.00. The van der Waals surface area contributed by atoms with E-state index in [4.69, 9.17) is 5.11 Å². The van der Waals surface area contributed by atoms with E-state index in [0.29, 0.717) is 4.47 Å². The maximum absolute atomic E-state index is 11.9. The molecule has 1 heterocycles. The van der Waals surface area contributed by atoms with Gasteiger partial charge >= 0.3 is 6.18 Å². The number of rotatable bonds is 2. The van der Waals surface area contributed by atoms with Crippen molar-refractivity contribution in [2.24, 2.45) is 0 Å². The monoisotopic (exact) mass is 269 g/mol. The van der Waals surface area contributed by atoms with E-state index in [9.17, 15) is 13.2 Å². The zero-order valence-corrected chi connectivity index (χ0v) is 8.51. The standard InChI is InChI=1S/C8H7BrF3NO/c9-5-1-2-6(13-4-5)3-7(14)8(10,11)12/h1-2,4,7,14H,3H2/t7-/m1/s1. The van der Waals surface area contributed by atoms with Crippen molar-refractivity contribution in [3.8, 4) is 0 Å². The highest BCUT2D eigenvalue weighted by atomic mass is 79.9. The van der Waals surface area contributed by atoms with E-state index < -0.39 is 18.7 Å². The molecule has 0 amide bonds. The summed E-state index contributed by atoms with van der Waals surface area (Å²) in [6.45, 7) is 0. The third kappa shape index (κ3) is 3.26. The second kappa shape index (κ2) is 4.27. The van der Waals surface area contributed by atoms with Crippen molar-refractivity contribution in [3.05, 3.63) is 28.5 Å². The molecule has 1 aromatic rings. The fraction of sp³-hybridized carbons (Fsp3) is 0.375. The number of alkyl halides is 3. The van der Waals surface area contributed by atoms with Gasteiger partial charge in [-0.05, 0) is 28.1 Å². The number of nitrogens with zero attached hydrogens (tertiary/aromatic N) is 1. The molecule has 1 aromatic heterocycles. The van der Waals surface area contributed by atoms with E-state index in [2.05, 4.69) is 20.9 Å². The van der Waals surface area contributed by atoms with Gasteiger partial charge in [0.05, 0.1) is 0 Å². The van der Waals surface area contributed by atoms with Crippen LogP contribution in [0.5, 0.6) is 0 Å². The second-order valence-electron chi connectivity index (χ2n) is 2.73. The van der Waals surface area contributed by atoms with Crippen LogP contribution in [0.15, 0.2) is 22.8 Å². The number of aromatic nitrogens is 1. The predicted molar refractivity (Wildman–Crippen MR) is 47.7 cm³/mol. The summed E-state index contributed by atoms with van der Waals surface area (Å²) in [4.78, 5) is 3.72. The lowest BCUT2D eigenvalue weighted by atomic mass is 10.2. The predicted octanol–water partition coefficient (Wildman–Crippen LogP) is 2.31. The zero-order chi connectivity index (χ0) is 10.8. The van der Waals surface area contributed by atoms with Gasteiger partial charge < -0.3 is 5.11 Å². The molecular formula is C8H7BrF3NO. The highest BCUT2D eigenvalue weighted by molar-refractivity contribution is 9.10. The van der Waals surface area contributed by atoms with Crippen LogP contribution in [-0.2, 0) is 6.42 Å². The van der Waals surface area contributed by atoms with Gasteiger partial charge in [-0.1, -0.05) is 0 Å². The Labute approximate surface area is 86.9 Å². The van der Waals surface area contributed by atoms with Crippen LogP contribution in [0, 0.1) is 0 Å². The van der Waals surface area contributed by atoms with Crippen LogP contribution in [0.3, 0.4) is 0 Å². The first-order valence-electron chi connectivity index (χ1n) is 3.75. The topological polar surface area (TPSA) is 33.1 Å². The smallest absolute Gasteiger partial charge is 0.383 e. The third-order valence-corrected chi connectivity index (χ3v) is 2.04. The van der Waals surface area contributed by atoms with Gasteiger partial charge in [-0.3, -0.25) is 4.98 Å². The summed E-state index contributed by atoms with van der Waals surface area (Å²) in [5, 5.41) is 8.73. The highest BCUT2D eigenvalue weighted by Gasteiger charge is 2.38. The number of hydrogen-bond donors (Lipinski definition) is 1. The van der Waals surface area contributed by atoms with Crippen LogP contribution in [0.25, 0.3) is 0 Å². The highest BCUT2D eigenvalue weighted by Crippen LogP contribution is 2.22. The average molecular weight is 270 g/mol. The Hall–Kier alpha value is -0.620. The molecule has 6 heteroatoms. The Bertz CT molecular complexity index is 298. The van der Waals surface area contributed by atoms with Crippen molar-refractivity contribution >= 4 is 15.9 Å². The first-order valence-corrected chi connectivity index (χ1v) is 4.54. The van der Waals surface area contributed by atoms with Crippen molar-refractivity contribution < 1.29 is 18.3 Å². The number of pyridine rings is 1. The van der Waals surface area contributed by atoms with Gasteiger partial charge in [0.2, 0.25) is 0 Å². The minimum Gasteiger partial charge on any atom is -0.383 e. The van der Waals surface area contributed by atoms with Crippen LogP contribution >= 0.6 is 15.9 Å². The first kappa shape index (κ1) is 11.5. The zero-order valence-electron chi connectivity index (χ0n) is 6.92. The number of halogens is 4. The van der Waals surface area contributed by atoms with Gasteiger partial charge in [0.25, 0.3) is 0 Å². The molecule has 78 valence electrons. The molecular weight excluding hydrogens is 263 g/mol. The Morgan fingerprint density at radius 3 is 2.50 bits per heavy atom. The molecule has 0 radical (unpaired) electrons. The number of hydrogen-bond acceptors (Lipinski definition) is 2. The summed E-state index contributed by atoms with van der Waals surface area (Å²) < 4.78 is 36.5. The molecule has 1 N–H and O–H groups in total. The summed E-state index contributed by atoms with van der Waals surface area (Å²) in [5.41, 5.74) is 0.207. The van der Waals surface area contributed by atoms with Crippen LogP contribution in [0.4, 0.5) is 13.2 Å². The summed E-state index contributed by atoms with van der Waals surface area (Å²) in [6.07, 6.45) is -6.07. The summed E-state index contributed by atoms with van der Waals surface area (Å²) >= 11 is 3.10. The van der Waals surface area contributed by atoms with E-state index in [1.54, 1.807) is 6.07 Å². The van der Waals surface area contributed by atoms with Crippen molar-refractivity contribution in [3.63, 3.8) is 0 Å². The number of aliphatic hydroxyl groups excluding tert-OH is 1. The quantitative estimate of drug-likeness (QED) is 0.894. The van der Waals surface area contributed by atoms with E-state index >= 15 is 0 Å². The van der Waals surface area contributed by atoms with E-state index in [0.717, 1.165) is 0 Å². The van der Waals surface area contributed by atoms with E-state index in [1.165, 1.54) is 12.3 Å². The van der Waals surface area contributed by atoms with Crippen molar-refractivity contribution in [2.45, 2.75) is 18.7 Å². The molecule has 0 bridgehead atoms. The molecule has 1 rings (SSSR count). The fourth-order valence-corrected chi connectivity index (χ4v) is 1.08.